The lowest BCUT2D eigenvalue weighted by Crippen LogP contribution is -2.17. The summed E-state index contributed by atoms with van der Waals surface area (Å²) in [7, 11) is 0. The van der Waals surface area contributed by atoms with Crippen molar-refractivity contribution >= 4 is 43.6 Å². The highest BCUT2D eigenvalue weighted by molar-refractivity contribution is 6.19. The number of hydrogen-bond donors (Lipinski definition) is 0. The van der Waals surface area contributed by atoms with E-state index in [1.165, 1.54) is 55.3 Å². The molecule has 0 amide bonds. The van der Waals surface area contributed by atoms with Crippen LogP contribution in [0, 0.1) is 6.92 Å². The molecule has 13 rings (SSSR count). The summed E-state index contributed by atoms with van der Waals surface area (Å²) in [5.41, 5.74) is 23.2. The zero-order valence-electron chi connectivity index (χ0n) is 60.8. The molecule has 0 aliphatic heterocycles. The predicted octanol–water partition coefficient (Wildman–Crippen LogP) is 24.3. The molecule has 0 saturated carbocycles. The maximum absolute atomic E-state index is 5.85. The van der Waals surface area contributed by atoms with Gasteiger partial charge in [0.05, 0.1) is 39.1 Å². The summed E-state index contributed by atoms with van der Waals surface area (Å²) in [6.45, 7) is 41.3. The predicted molar refractivity (Wildman–Crippen MR) is 412 cm³/mol. The first kappa shape index (κ1) is 66.3. The van der Waals surface area contributed by atoms with Crippen LogP contribution in [0.3, 0.4) is 0 Å². The van der Waals surface area contributed by atoms with Crippen molar-refractivity contribution in [2.45, 2.75) is 190 Å². The fourth-order valence-corrected chi connectivity index (χ4v) is 13.8. The van der Waals surface area contributed by atoms with Crippen LogP contribution in [0.15, 0.2) is 188 Å². The highest BCUT2D eigenvalue weighted by Crippen LogP contribution is 2.45. The van der Waals surface area contributed by atoms with Gasteiger partial charge in [-0.25, -0.2) is 24.9 Å². The standard InChI is InChI=1S/C90H97N7/c1-19-21-30-57-40-56(3)41-61(43-57)82-91-75(54-76(92-82)60-42-58(31-22-20-2)44-64(45-60)86(4,5)6)59-38-39-79(97-78-37-29-27-35-71(78)73-53-72-70-34-26-28-36-77(70)96(80(72)55-81(73)97)69-32-24-23-25-33-69)74(50-59)85-94-83(62-46-65(87(7,8)9)51-66(47-62)88(10,11)12)93-84(95-85)63-48-67(89(13,14)15)52-68(49-63)90(16,17)18/h23-29,32-55H,19-22,30-31H2,1-18H3. The van der Waals surface area contributed by atoms with Gasteiger partial charge in [0.15, 0.2) is 23.3 Å². The van der Waals surface area contributed by atoms with Gasteiger partial charge in [0.2, 0.25) is 0 Å². The van der Waals surface area contributed by atoms with Crippen molar-refractivity contribution in [3.63, 3.8) is 0 Å². The number of aromatic nitrogens is 7. The lowest BCUT2D eigenvalue weighted by atomic mass is 9.79. The molecule has 0 atom stereocenters. The Balaban J connectivity index is 1.17. The average Bonchev–Trinajstić information content (AvgIpc) is 1.57. The van der Waals surface area contributed by atoms with Crippen LogP contribution in [0.4, 0.5) is 0 Å². The van der Waals surface area contributed by atoms with Crippen LogP contribution in [0.1, 0.15) is 188 Å². The van der Waals surface area contributed by atoms with Crippen molar-refractivity contribution < 1.29 is 0 Å². The van der Waals surface area contributed by atoms with Crippen LogP contribution in [0.25, 0.3) is 123 Å². The van der Waals surface area contributed by atoms with Gasteiger partial charge in [-0.1, -0.05) is 221 Å². The summed E-state index contributed by atoms with van der Waals surface area (Å²) in [6, 6.07) is 70.5. The number of rotatable bonds is 14. The second kappa shape index (κ2) is 25.3. The summed E-state index contributed by atoms with van der Waals surface area (Å²) in [5.74, 6) is 2.49. The lowest BCUT2D eigenvalue weighted by molar-refractivity contribution is 0.568. The molecule has 0 aliphatic rings. The Kier molecular flexibility index (Phi) is 17.3. The molecule has 492 valence electrons. The van der Waals surface area contributed by atoms with E-state index < -0.39 is 0 Å². The van der Waals surface area contributed by atoms with Crippen molar-refractivity contribution in [1.29, 1.82) is 0 Å². The van der Waals surface area contributed by atoms with E-state index in [-0.39, 0.29) is 27.1 Å². The van der Waals surface area contributed by atoms with Crippen LogP contribution in [0.2, 0.25) is 0 Å². The molecular weight excluding hydrogens is 1180 g/mol. The van der Waals surface area contributed by atoms with E-state index in [9.17, 15) is 0 Å². The Labute approximate surface area is 576 Å². The van der Waals surface area contributed by atoms with E-state index in [4.69, 9.17) is 24.9 Å². The molecule has 9 aromatic carbocycles. The van der Waals surface area contributed by atoms with Crippen LogP contribution in [-0.4, -0.2) is 34.1 Å². The number of fused-ring (bicyclic) bond motifs is 6. The molecule has 0 unspecified atom stereocenters. The van der Waals surface area contributed by atoms with Crippen LogP contribution >= 0.6 is 0 Å². The van der Waals surface area contributed by atoms with Gasteiger partial charge >= 0.3 is 0 Å². The summed E-state index contributed by atoms with van der Waals surface area (Å²) in [5, 5.41) is 4.72. The second-order valence-corrected chi connectivity index (χ2v) is 32.6. The van der Waals surface area contributed by atoms with Crippen molar-refractivity contribution in [1.82, 2.24) is 34.1 Å². The zero-order chi connectivity index (χ0) is 68.7. The maximum atomic E-state index is 5.85. The van der Waals surface area contributed by atoms with Crippen molar-refractivity contribution in [3.05, 3.63) is 233 Å². The largest absolute Gasteiger partial charge is 0.309 e. The molecule has 0 fully saturated rings. The third-order valence-corrected chi connectivity index (χ3v) is 19.7. The Hall–Kier alpha value is -9.33. The molecule has 4 heterocycles. The monoisotopic (exact) mass is 1280 g/mol. The summed E-state index contributed by atoms with van der Waals surface area (Å²) in [6.07, 6.45) is 6.44. The molecule has 7 nitrogen and oxygen atoms in total. The van der Waals surface area contributed by atoms with Gasteiger partial charge in [-0.2, -0.15) is 0 Å². The number of aryl methyl sites for hydroxylation is 3. The average molecular weight is 1280 g/mol. The summed E-state index contributed by atoms with van der Waals surface area (Å²) >= 11 is 0. The van der Waals surface area contributed by atoms with Gasteiger partial charge in [0.25, 0.3) is 0 Å². The van der Waals surface area contributed by atoms with Crippen LogP contribution in [0.5, 0.6) is 0 Å². The second-order valence-electron chi connectivity index (χ2n) is 32.6. The van der Waals surface area contributed by atoms with Gasteiger partial charge in [-0.3, -0.25) is 0 Å². The molecule has 0 spiro atoms. The Bertz CT molecular complexity index is 5000. The quantitative estimate of drug-likeness (QED) is 0.108. The van der Waals surface area contributed by atoms with Crippen molar-refractivity contribution in [2.24, 2.45) is 0 Å². The molecule has 7 heteroatoms. The molecule has 0 radical (unpaired) electrons. The van der Waals surface area contributed by atoms with E-state index in [1.807, 2.05) is 0 Å². The summed E-state index contributed by atoms with van der Waals surface area (Å²) < 4.78 is 4.89. The third-order valence-electron chi connectivity index (χ3n) is 19.7. The van der Waals surface area contributed by atoms with Crippen LogP contribution < -0.4 is 0 Å². The first-order valence-corrected chi connectivity index (χ1v) is 35.4. The minimum absolute atomic E-state index is 0.0885. The lowest BCUT2D eigenvalue weighted by Gasteiger charge is -2.26. The van der Waals surface area contributed by atoms with Gasteiger partial charge in [0.1, 0.15) is 0 Å². The first-order valence-electron chi connectivity index (χ1n) is 35.4. The Morgan fingerprint density at radius 2 is 0.732 bits per heavy atom. The highest BCUT2D eigenvalue weighted by Gasteiger charge is 2.29. The minimum Gasteiger partial charge on any atom is -0.309 e. The summed E-state index contributed by atoms with van der Waals surface area (Å²) in [4.78, 5) is 28.7. The molecule has 4 aromatic heterocycles. The molecule has 13 aromatic rings. The van der Waals surface area contributed by atoms with Gasteiger partial charge in [-0.05, 0) is 202 Å². The van der Waals surface area contributed by atoms with E-state index in [2.05, 4.69) is 322 Å². The molecule has 0 bridgehead atoms. The third kappa shape index (κ3) is 13.4. The molecule has 0 saturated heterocycles. The maximum Gasteiger partial charge on any atom is 0.166 e. The first-order chi connectivity index (χ1) is 46.0. The fourth-order valence-electron chi connectivity index (χ4n) is 13.8. The van der Waals surface area contributed by atoms with Gasteiger partial charge in [0, 0.05) is 60.6 Å². The molecule has 0 aliphatic carbocycles. The SMILES string of the molecule is CCCCc1cc(C)cc(-c2nc(-c3cc(CCCC)cc(C(C)(C)C)c3)cc(-c3ccc(-n4c5ccccc5c5cc6c7ccccc7n(-c7ccccc7)c6cc54)c(-c4nc(-c5cc(C(C)(C)C)cc(C(C)(C)C)c5)nc(-c5cc(C(C)(C)C)cc(C(C)(C)C)c5)n4)c3)n2)c1. The number of unbranched alkanes of at least 4 members (excludes halogenated alkanes) is 2. The molecular formula is C90H97N7. The molecule has 0 N–H and O–H groups in total. The fraction of sp³-hybridized carbons (Fsp3) is 0.322. The van der Waals surface area contributed by atoms with Crippen LogP contribution in [-0.2, 0) is 39.9 Å². The van der Waals surface area contributed by atoms with Crippen molar-refractivity contribution in [3.8, 4) is 79.4 Å². The smallest absolute Gasteiger partial charge is 0.166 e. The Morgan fingerprint density at radius 3 is 1.26 bits per heavy atom. The van der Waals surface area contributed by atoms with Crippen molar-refractivity contribution in [2.75, 3.05) is 0 Å². The minimum atomic E-state index is -0.164. The zero-order valence-corrected chi connectivity index (χ0v) is 60.8. The topological polar surface area (TPSA) is 74.3 Å². The van der Waals surface area contributed by atoms with E-state index in [1.54, 1.807) is 0 Å². The highest BCUT2D eigenvalue weighted by atomic mass is 15.1. The van der Waals surface area contributed by atoms with Gasteiger partial charge < -0.3 is 9.13 Å². The van der Waals surface area contributed by atoms with Gasteiger partial charge in [-0.15, -0.1) is 0 Å². The molecule has 97 heavy (non-hydrogen) atoms. The normalized spacial score (nSPS) is 12.7. The van der Waals surface area contributed by atoms with E-state index in [0.29, 0.717) is 23.3 Å². The van der Waals surface area contributed by atoms with E-state index in [0.717, 1.165) is 128 Å². The number of benzene rings is 9. The Morgan fingerprint density at radius 1 is 0.309 bits per heavy atom. The number of hydrogen-bond acceptors (Lipinski definition) is 5. The van der Waals surface area contributed by atoms with E-state index >= 15 is 0 Å². The number of para-hydroxylation sites is 3. The number of nitrogens with zero attached hydrogens (tertiary/aromatic N) is 7.